The summed E-state index contributed by atoms with van der Waals surface area (Å²) in [6.07, 6.45) is 1.80. The summed E-state index contributed by atoms with van der Waals surface area (Å²) in [6, 6.07) is 7.04. The maximum atomic E-state index is 12.6. The van der Waals surface area contributed by atoms with Crippen LogP contribution < -0.4 is 10.5 Å². The van der Waals surface area contributed by atoms with Gasteiger partial charge in [-0.1, -0.05) is 24.8 Å². The highest BCUT2D eigenvalue weighted by molar-refractivity contribution is 7.86. The lowest BCUT2D eigenvalue weighted by Gasteiger charge is -2.21. The first-order chi connectivity index (χ1) is 11.8. The Bertz CT molecular complexity index is 763. The van der Waals surface area contributed by atoms with Crippen molar-refractivity contribution in [2.45, 2.75) is 12.8 Å². The van der Waals surface area contributed by atoms with Gasteiger partial charge < -0.3 is 10.2 Å². The summed E-state index contributed by atoms with van der Waals surface area (Å²) in [5, 5.41) is 7.83. The quantitative estimate of drug-likeness (QED) is 0.719. The van der Waals surface area contributed by atoms with E-state index in [1.165, 1.54) is 4.31 Å². The van der Waals surface area contributed by atoms with Crippen molar-refractivity contribution < 1.29 is 18.0 Å². The molecule has 1 aromatic rings. The standard InChI is InChI=1S/C16H22N4O4S/c1-2-15(21)18-14-7-4-3-6-13(14)12-16(22)19-8-5-9-20(11-10-19)25(17,23)24/h2-4,6-7H,1,5,8-12H2,(H,18,21)(H2,17,23,24). The van der Waals surface area contributed by atoms with E-state index < -0.39 is 10.2 Å². The van der Waals surface area contributed by atoms with Crippen LogP contribution in [0.5, 0.6) is 0 Å². The van der Waals surface area contributed by atoms with Crippen LogP contribution in [0.4, 0.5) is 5.69 Å². The van der Waals surface area contributed by atoms with E-state index in [4.69, 9.17) is 5.14 Å². The van der Waals surface area contributed by atoms with E-state index >= 15 is 0 Å². The van der Waals surface area contributed by atoms with Gasteiger partial charge in [-0.3, -0.25) is 9.59 Å². The normalized spacial score (nSPS) is 16.1. The molecule has 25 heavy (non-hydrogen) atoms. The topological polar surface area (TPSA) is 113 Å². The summed E-state index contributed by atoms with van der Waals surface area (Å²) in [5.41, 5.74) is 1.25. The average Bonchev–Trinajstić information content (AvgIpc) is 2.82. The van der Waals surface area contributed by atoms with Crippen molar-refractivity contribution in [3.8, 4) is 0 Å². The van der Waals surface area contributed by atoms with Crippen LogP contribution in [-0.4, -0.2) is 55.6 Å². The molecule has 2 rings (SSSR count). The van der Waals surface area contributed by atoms with Gasteiger partial charge in [-0.2, -0.15) is 12.7 Å². The summed E-state index contributed by atoms with van der Waals surface area (Å²) >= 11 is 0. The minimum absolute atomic E-state index is 0.114. The van der Waals surface area contributed by atoms with Crippen LogP contribution in [0, 0.1) is 0 Å². The minimum Gasteiger partial charge on any atom is -0.341 e. The van der Waals surface area contributed by atoms with Gasteiger partial charge >= 0.3 is 0 Å². The van der Waals surface area contributed by atoms with Gasteiger partial charge in [0, 0.05) is 31.9 Å². The Morgan fingerprint density at radius 1 is 1.20 bits per heavy atom. The number of rotatable bonds is 5. The van der Waals surface area contributed by atoms with Gasteiger partial charge in [-0.25, -0.2) is 5.14 Å². The molecule has 1 heterocycles. The van der Waals surface area contributed by atoms with E-state index in [-0.39, 0.29) is 31.3 Å². The lowest BCUT2D eigenvalue weighted by atomic mass is 10.1. The highest BCUT2D eigenvalue weighted by Gasteiger charge is 2.24. The molecule has 1 aromatic carbocycles. The average molecular weight is 366 g/mol. The van der Waals surface area contributed by atoms with Crippen molar-refractivity contribution in [2.75, 3.05) is 31.5 Å². The Hall–Kier alpha value is -2.23. The molecule has 9 heteroatoms. The number of carbonyl (C=O) groups excluding carboxylic acids is 2. The van der Waals surface area contributed by atoms with E-state index in [2.05, 4.69) is 11.9 Å². The molecule has 136 valence electrons. The number of hydrogen-bond acceptors (Lipinski definition) is 4. The van der Waals surface area contributed by atoms with Crippen molar-refractivity contribution in [3.05, 3.63) is 42.5 Å². The molecular formula is C16H22N4O4S. The van der Waals surface area contributed by atoms with E-state index in [1.54, 1.807) is 29.2 Å². The van der Waals surface area contributed by atoms with Gasteiger partial charge in [-0.05, 0) is 24.1 Å². The van der Waals surface area contributed by atoms with Crippen molar-refractivity contribution in [3.63, 3.8) is 0 Å². The predicted molar refractivity (Wildman–Crippen MR) is 94.8 cm³/mol. The van der Waals surface area contributed by atoms with Gasteiger partial charge in [-0.15, -0.1) is 0 Å². The summed E-state index contributed by atoms with van der Waals surface area (Å²) in [7, 11) is -3.74. The third-order valence-corrected chi connectivity index (χ3v) is 5.05. The van der Waals surface area contributed by atoms with Crippen LogP contribution in [0.2, 0.25) is 0 Å². The number of hydrogen-bond donors (Lipinski definition) is 2. The fraction of sp³-hybridized carbons (Fsp3) is 0.375. The number of nitrogens with one attached hydrogen (secondary N) is 1. The number of anilines is 1. The third kappa shape index (κ3) is 5.38. The van der Waals surface area contributed by atoms with E-state index in [0.717, 1.165) is 6.08 Å². The maximum Gasteiger partial charge on any atom is 0.276 e. The monoisotopic (exact) mass is 366 g/mol. The van der Waals surface area contributed by atoms with E-state index in [1.807, 2.05) is 0 Å². The van der Waals surface area contributed by atoms with Gasteiger partial charge in [0.1, 0.15) is 0 Å². The lowest BCUT2D eigenvalue weighted by Crippen LogP contribution is -2.40. The maximum absolute atomic E-state index is 12.6. The van der Waals surface area contributed by atoms with Crippen LogP contribution >= 0.6 is 0 Å². The van der Waals surface area contributed by atoms with E-state index in [0.29, 0.717) is 30.8 Å². The molecule has 0 aromatic heterocycles. The van der Waals surface area contributed by atoms with Crippen molar-refractivity contribution in [1.82, 2.24) is 9.21 Å². The van der Waals surface area contributed by atoms with Crippen LogP contribution in [0.25, 0.3) is 0 Å². The minimum atomic E-state index is -3.74. The van der Waals surface area contributed by atoms with Gasteiger partial charge in [0.05, 0.1) is 6.42 Å². The lowest BCUT2D eigenvalue weighted by molar-refractivity contribution is -0.130. The van der Waals surface area contributed by atoms with Gasteiger partial charge in [0.15, 0.2) is 0 Å². The molecule has 0 aliphatic carbocycles. The van der Waals surface area contributed by atoms with Crippen molar-refractivity contribution >= 4 is 27.7 Å². The van der Waals surface area contributed by atoms with Gasteiger partial charge in [0.2, 0.25) is 11.8 Å². The highest BCUT2D eigenvalue weighted by atomic mass is 32.2. The second-order valence-electron chi connectivity index (χ2n) is 5.71. The molecule has 0 unspecified atom stereocenters. The van der Waals surface area contributed by atoms with E-state index in [9.17, 15) is 18.0 Å². The Kier molecular flexibility index (Phi) is 6.29. The fourth-order valence-electron chi connectivity index (χ4n) is 2.65. The molecule has 1 saturated heterocycles. The smallest absolute Gasteiger partial charge is 0.276 e. The summed E-state index contributed by atoms with van der Waals surface area (Å²) in [6.45, 7) is 4.64. The molecule has 2 amide bonds. The molecular weight excluding hydrogens is 344 g/mol. The molecule has 0 bridgehead atoms. The molecule has 1 aliphatic rings. The van der Waals surface area contributed by atoms with Crippen LogP contribution in [0.1, 0.15) is 12.0 Å². The van der Waals surface area contributed by atoms with Crippen molar-refractivity contribution in [1.29, 1.82) is 0 Å². The van der Waals surface area contributed by atoms with Crippen LogP contribution in [0.15, 0.2) is 36.9 Å². The number of nitrogens with two attached hydrogens (primary N) is 1. The molecule has 0 radical (unpaired) electrons. The number of carbonyl (C=O) groups is 2. The molecule has 0 atom stereocenters. The number of benzene rings is 1. The second kappa shape index (κ2) is 8.24. The Balaban J connectivity index is 2.05. The van der Waals surface area contributed by atoms with Crippen LogP contribution in [-0.2, 0) is 26.2 Å². The first-order valence-corrected chi connectivity index (χ1v) is 9.38. The molecule has 8 nitrogen and oxygen atoms in total. The van der Waals surface area contributed by atoms with Gasteiger partial charge in [0.25, 0.3) is 10.2 Å². The largest absolute Gasteiger partial charge is 0.341 e. The Morgan fingerprint density at radius 2 is 1.92 bits per heavy atom. The zero-order valence-electron chi connectivity index (χ0n) is 13.8. The Labute approximate surface area is 147 Å². The summed E-state index contributed by atoms with van der Waals surface area (Å²) in [4.78, 5) is 25.7. The molecule has 3 N–H and O–H groups in total. The Morgan fingerprint density at radius 3 is 2.60 bits per heavy atom. The SMILES string of the molecule is C=CC(=O)Nc1ccccc1CC(=O)N1CCCN(S(N)(=O)=O)CC1. The molecule has 1 fully saturated rings. The number of amides is 2. The zero-order valence-corrected chi connectivity index (χ0v) is 14.7. The summed E-state index contributed by atoms with van der Waals surface area (Å²) < 4.78 is 24.0. The molecule has 1 aliphatic heterocycles. The highest BCUT2D eigenvalue weighted by Crippen LogP contribution is 2.17. The van der Waals surface area contributed by atoms with Crippen LogP contribution in [0.3, 0.4) is 0 Å². The predicted octanol–water partition coefficient (Wildman–Crippen LogP) is 0.0914. The number of para-hydroxylation sites is 1. The first-order valence-electron chi connectivity index (χ1n) is 7.88. The molecule has 0 saturated carbocycles. The fourth-order valence-corrected chi connectivity index (χ4v) is 3.37. The number of nitrogens with zero attached hydrogens (tertiary/aromatic N) is 2. The van der Waals surface area contributed by atoms with Crippen molar-refractivity contribution in [2.24, 2.45) is 5.14 Å². The second-order valence-corrected chi connectivity index (χ2v) is 7.25. The summed E-state index contributed by atoms with van der Waals surface area (Å²) in [5.74, 6) is -0.477. The first kappa shape index (κ1) is 19.1. The zero-order chi connectivity index (χ0) is 18.4. The third-order valence-electron chi connectivity index (χ3n) is 3.97. The molecule has 0 spiro atoms.